The van der Waals surface area contributed by atoms with Crippen molar-refractivity contribution in [2.24, 2.45) is 17.6 Å². The smallest absolute Gasteiger partial charge is 0.231 e. The molecule has 1 fully saturated rings. The van der Waals surface area contributed by atoms with Crippen molar-refractivity contribution in [3.63, 3.8) is 0 Å². The number of amides is 1. The van der Waals surface area contributed by atoms with Crippen LogP contribution in [-0.4, -0.2) is 19.0 Å². The van der Waals surface area contributed by atoms with E-state index in [4.69, 9.17) is 5.73 Å². The predicted octanol–water partition coefficient (Wildman–Crippen LogP) is 1.28. The molecule has 14 heavy (non-hydrogen) atoms. The molecule has 0 saturated heterocycles. The van der Waals surface area contributed by atoms with Crippen molar-refractivity contribution in [2.75, 3.05) is 13.1 Å². The fraction of sp³-hybridized carbons (Fsp3) is 0.909. The van der Waals surface area contributed by atoms with Crippen molar-refractivity contribution in [2.45, 2.75) is 39.0 Å². The van der Waals surface area contributed by atoms with E-state index >= 15 is 0 Å². The summed E-state index contributed by atoms with van der Waals surface area (Å²) in [7, 11) is 0. The van der Waals surface area contributed by atoms with Crippen LogP contribution in [-0.2, 0) is 4.79 Å². The van der Waals surface area contributed by atoms with E-state index in [0.717, 1.165) is 18.4 Å². The summed E-state index contributed by atoms with van der Waals surface area (Å²) in [5, 5.41) is 3.07. The summed E-state index contributed by atoms with van der Waals surface area (Å²) in [6.45, 7) is 3.59. The summed E-state index contributed by atoms with van der Waals surface area (Å²) in [5.74, 6) is 1.49. The third-order valence-corrected chi connectivity index (χ3v) is 3.07. The van der Waals surface area contributed by atoms with Crippen LogP contribution in [0.4, 0.5) is 0 Å². The van der Waals surface area contributed by atoms with Gasteiger partial charge in [0, 0.05) is 0 Å². The van der Waals surface area contributed by atoms with Crippen LogP contribution in [0.2, 0.25) is 0 Å². The van der Waals surface area contributed by atoms with Gasteiger partial charge >= 0.3 is 0 Å². The molecule has 0 aromatic carbocycles. The van der Waals surface area contributed by atoms with E-state index < -0.39 is 0 Å². The molecule has 1 saturated carbocycles. The summed E-state index contributed by atoms with van der Waals surface area (Å²) >= 11 is 0. The van der Waals surface area contributed by atoms with Crippen LogP contribution >= 0.6 is 0 Å². The summed E-state index contributed by atoms with van der Waals surface area (Å²) in [6, 6.07) is 0. The Hall–Kier alpha value is -0.570. The summed E-state index contributed by atoms with van der Waals surface area (Å²) in [5.41, 5.74) is 5.03. The van der Waals surface area contributed by atoms with E-state index in [1.165, 1.54) is 32.1 Å². The highest BCUT2D eigenvalue weighted by molar-refractivity contribution is 5.75. The van der Waals surface area contributed by atoms with Crippen LogP contribution in [0, 0.1) is 11.8 Å². The van der Waals surface area contributed by atoms with Gasteiger partial charge < -0.3 is 11.1 Å². The fourth-order valence-electron chi connectivity index (χ4n) is 2.34. The van der Waals surface area contributed by atoms with Crippen molar-refractivity contribution in [1.29, 1.82) is 0 Å². The topological polar surface area (TPSA) is 55.1 Å². The van der Waals surface area contributed by atoms with Crippen LogP contribution in [0.15, 0.2) is 0 Å². The van der Waals surface area contributed by atoms with Crippen LogP contribution in [0.25, 0.3) is 0 Å². The molecule has 0 heterocycles. The van der Waals surface area contributed by atoms with E-state index in [1.807, 2.05) is 0 Å². The first-order valence-electron chi connectivity index (χ1n) is 5.67. The molecular formula is C11H22N2O. The molecule has 0 aromatic rings. The van der Waals surface area contributed by atoms with Gasteiger partial charge in [0.05, 0.1) is 6.54 Å². The molecule has 1 rings (SSSR count). The Bertz CT molecular complexity index is 182. The first kappa shape index (κ1) is 11.5. The highest BCUT2D eigenvalue weighted by Gasteiger charge is 2.17. The SMILES string of the molecule is CC1CCCC(CCNCC(N)=O)C1. The van der Waals surface area contributed by atoms with Gasteiger partial charge in [0.1, 0.15) is 0 Å². The molecule has 3 N–H and O–H groups in total. The number of primary amides is 1. The van der Waals surface area contributed by atoms with Gasteiger partial charge in [-0.3, -0.25) is 4.79 Å². The lowest BCUT2D eigenvalue weighted by atomic mass is 9.81. The minimum absolute atomic E-state index is 0.262. The maximum absolute atomic E-state index is 10.5. The first-order valence-corrected chi connectivity index (χ1v) is 5.67. The Morgan fingerprint density at radius 2 is 2.29 bits per heavy atom. The lowest BCUT2D eigenvalue weighted by molar-refractivity contribution is -0.117. The third kappa shape index (κ3) is 4.61. The molecular weight excluding hydrogens is 176 g/mol. The molecule has 2 unspecified atom stereocenters. The Morgan fingerprint density at radius 1 is 1.50 bits per heavy atom. The van der Waals surface area contributed by atoms with E-state index in [2.05, 4.69) is 12.2 Å². The quantitative estimate of drug-likeness (QED) is 0.654. The maximum atomic E-state index is 10.5. The molecule has 1 aliphatic rings. The lowest BCUT2D eigenvalue weighted by Crippen LogP contribution is -2.30. The monoisotopic (exact) mass is 198 g/mol. The van der Waals surface area contributed by atoms with Gasteiger partial charge in [-0.25, -0.2) is 0 Å². The molecule has 0 radical (unpaired) electrons. The highest BCUT2D eigenvalue weighted by atomic mass is 16.1. The van der Waals surface area contributed by atoms with Crippen molar-refractivity contribution in [3.05, 3.63) is 0 Å². The Balaban J connectivity index is 2.03. The zero-order chi connectivity index (χ0) is 10.4. The lowest BCUT2D eigenvalue weighted by Gasteiger charge is -2.26. The summed E-state index contributed by atoms with van der Waals surface area (Å²) in [4.78, 5) is 10.5. The van der Waals surface area contributed by atoms with Crippen molar-refractivity contribution >= 4 is 5.91 Å². The Labute approximate surface area is 86.4 Å². The average molecular weight is 198 g/mol. The highest BCUT2D eigenvalue weighted by Crippen LogP contribution is 2.30. The molecule has 0 aromatic heterocycles. The largest absolute Gasteiger partial charge is 0.369 e. The van der Waals surface area contributed by atoms with Gasteiger partial charge in [-0.15, -0.1) is 0 Å². The van der Waals surface area contributed by atoms with Crippen LogP contribution < -0.4 is 11.1 Å². The number of rotatable bonds is 5. The average Bonchev–Trinajstić information content (AvgIpc) is 2.12. The third-order valence-electron chi connectivity index (χ3n) is 3.07. The van der Waals surface area contributed by atoms with Crippen molar-refractivity contribution in [1.82, 2.24) is 5.32 Å². The molecule has 0 aliphatic heterocycles. The molecule has 82 valence electrons. The second kappa shape index (κ2) is 6.02. The van der Waals surface area contributed by atoms with Crippen LogP contribution in [0.3, 0.4) is 0 Å². The minimum atomic E-state index is -0.262. The number of hydrogen-bond acceptors (Lipinski definition) is 2. The first-order chi connectivity index (χ1) is 6.68. The van der Waals surface area contributed by atoms with Gasteiger partial charge in [0.15, 0.2) is 0 Å². The number of carbonyl (C=O) groups is 1. The van der Waals surface area contributed by atoms with E-state index in [-0.39, 0.29) is 5.91 Å². The number of hydrogen-bond donors (Lipinski definition) is 2. The molecule has 2 atom stereocenters. The predicted molar refractivity (Wildman–Crippen MR) is 57.8 cm³/mol. The van der Waals surface area contributed by atoms with Gasteiger partial charge in [-0.2, -0.15) is 0 Å². The number of carbonyl (C=O) groups excluding carboxylic acids is 1. The Morgan fingerprint density at radius 3 is 2.93 bits per heavy atom. The molecule has 3 heteroatoms. The second-order valence-corrected chi connectivity index (χ2v) is 4.57. The second-order valence-electron chi connectivity index (χ2n) is 4.57. The van der Waals surface area contributed by atoms with E-state index in [0.29, 0.717) is 6.54 Å². The van der Waals surface area contributed by atoms with Crippen molar-refractivity contribution in [3.8, 4) is 0 Å². The van der Waals surface area contributed by atoms with Crippen LogP contribution in [0.5, 0.6) is 0 Å². The molecule has 1 amide bonds. The van der Waals surface area contributed by atoms with Crippen molar-refractivity contribution < 1.29 is 4.79 Å². The minimum Gasteiger partial charge on any atom is -0.369 e. The van der Waals surface area contributed by atoms with Gasteiger partial charge in [0.2, 0.25) is 5.91 Å². The maximum Gasteiger partial charge on any atom is 0.231 e. The normalized spacial score (nSPS) is 27.5. The van der Waals surface area contributed by atoms with Gasteiger partial charge in [-0.1, -0.05) is 26.2 Å². The molecule has 3 nitrogen and oxygen atoms in total. The molecule has 1 aliphatic carbocycles. The summed E-state index contributed by atoms with van der Waals surface area (Å²) in [6.07, 6.45) is 6.69. The standard InChI is InChI=1S/C11H22N2O/c1-9-3-2-4-10(7-9)5-6-13-8-11(12)14/h9-10,13H,2-8H2,1H3,(H2,12,14). The summed E-state index contributed by atoms with van der Waals surface area (Å²) < 4.78 is 0. The van der Waals surface area contributed by atoms with Gasteiger partial charge in [-0.05, 0) is 31.2 Å². The Kier molecular flexibility index (Phi) is 4.94. The van der Waals surface area contributed by atoms with E-state index in [1.54, 1.807) is 0 Å². The van der Waals surface area contributed by atoms with Gasteiger partial charge in [0.25, 0.3) is 0 Å². The molecule has 0 bridgehead atoms. The van der Waals surface area contributed by atoms with Crippen LogP contribution in [0.1, 0.15) is 39.0 Å². The number of nitrogens with one attached hydrogen (secondary N) is 1. The fourth-order valence-corrected chi connectivity index (χ4v) is 2.34. The zero-order valence-corrected chi connectivity index (χ0v) is 9.09. The number of nitrogens with two attached hydrogens (primary N) is 1. The molecule has 0 spiro atoms. The van der Waals surface area contributed by atoms with E-state index in [9.17, 15) is 4.79 Å². The zero-order valence-electron chi connectivity index (χ0n) is 9.09.